The summed E-state index contributed by atoms with van der Waals surface area (Å²) in [6.07, 6.45) is 1.00. The number of carbonyl (C=O) groups excluding carboxylic acids is 1. The molecule has 2 aromatic carbocycles. The molecular weight excluding hydrogens is 340 g/mol. The third-order valence-corrected chi connectivity index (χ3v) is 5.52. The second-order valence-corrected chi connectivity index (χ2v) is 7.55. The van der Waals surface area contributed by atoms with Crippen molar-refractivity contribution >= 4 is 17.2 Å². The summed E-state index contributed by atoms with van der Waals surface area (Å²) < 4.78 is 0. The average Bonchev–Trinajstić information content (AvgIpc) is 3.35. The maximum absolute atomic E-state index is 12.7. The van der Waals surface area contributed by atoms with Gasteiger partial charge in [0.15, 0.2) is 0 Å². The predicted octanol–water partition coefficient (Wildman–Crippen LogP) is 4.42. The summed E-state index contributed by atoms with van der Waals surface area (Å²) in [6.45, 7) is 2.88. The summed E-state index contributed by atoms with van der Waals surface area (Å²) in [5.41, 5.74) is 4.31. The van der Waals surface area contributed by atoms with Gasteiger partial charge in [0, 0.05) is 31.2 Å². The second-order valence-electron chi connectivity index (χ2n) is 6.77. The summed E-state index contributed by atoms with van der Waals surface area (Å²) >= 11 is 1.67. The molecule has 4 heteroatoms. The lowest BCUT2D eigenvalue weighted by molar-refractivity contribution is 0.0937. The highest BCUT2D eigenvalue weighted by Gasteiger charge is 2.24. The predicted molar refractivity (Wildman–Crippen MR) is 107 cm³/mol. The van der Waals surface area contributed by atoms with Gasteiger partial charge in [0.2, 0.25) is 0 Å². The molecule has 1 saturated heterocycles. The molecule has 1 fully saturated rings. The van der Waals surface area contributed by atoms with E-state index in [9.17, 15) is 4.79 Å². The third-order valence-electron chi connectivity index (χ3n) is 4.84. The molecule has 3 aromatic rings. The molecule has 0 radical (unpaired) electrons. The first-order chi connectivity index (χ1) is 12.8. The van der Waals surface area contributed by atoms with Crippen LogP contribution in [0.1, 0.15) is 22.3 Å². The van der Waals surface area contributed by atoms with Gasteiger partial charge in [0.1, 0.15) is 0 Å². The topological polar surface area (TPSA) is 32.3 Å². The largest absolute Gasteiger partial charge is 0.348 e. The number of hydrogen-bond donors (Lipinski definition) is 1. The zero-order valence-corrected chi connectivity index (χ0v) is 15.4. The molecule has 0 unspecified atom stereocenters. The molecule has 1 aromatic heterocycles. The molecule has 1 amide bonds. The fourth-order valence-electron chi connectivity index (χ4n) is 3.47. The maximum atomic E-state index is 12.7. The Labute approximate surface area is 158 Å². The van der Waals surface area contributed by atoms with Crippen LogP contribution in [-0.2, 0) is 6.54 Å². The molecule has 26 heavy (non-hydrogen) atoms. The molecule has 1 N–H and O–H groups in total. The highest BCUT2D eigenvalue weighted by Crippen LogP contribution is 2.23. The van der Waals surface area contributed by atoms with Crippen LogP contribution >= 0.6 is 11.3 Å². The fraction of sp³-hybridized carbons (Fsp3) is 0.227. The van der Waals surface area contributed by atoms with Gasteiger partial charge in [-0.1, -0.05) is 42.5 Å². The zero-order valence-electron chi connectivity index (χ0n) is 14.6. The van der Waals surface area contributed by atoms with Gasteiger partial charge in [-0.15, -0.1) is 0 Å². The van der Waals surface area contributed by atoms with Gasteiger partial charge in [-0.3, -0.25) is 9.69 Å². The van der Waals surface area contributed by atoms with Crippen LogP contribution in [0.15, 0.2) is 71.4 Å². The molecule has 0 spiro atoms. The Bertz CT molecular complexity index is 861. The molecule has 4 rings (SSSR count). The van der Waals surface area contributed by atoms with E-state index in [4.69, 9.17) is 0 Å². The first kappa shape index (κ1) is 17.0. The van der Waals surface area contributed by atoms with E-state index in [2.05, 4.69) is 57.4 Å². The first-order valence-corrected chi connectivity index (χ1v) is 9.92. The van der Waals surface area contributed by atoms with Gasteiger partial charge < -0.3 is 5.32 Å². The van der Waals surface area contributed by atoms with Crippen molar-refractivity contribution in [2.45, 2.75) is 19.0 Å². The number of rotatable bonds is 5. The lowest BCUT2D eigenvalue weighted by Gasteiger charge is -2.17. The number of benzene rings is 2. The first-order valence-electron chi connectivity index (χ1n) is 8.98. The van der Waals surface area contributed by atoms with Gasteiger partial charge >= 0.3 is 0 Å². The molecule has 1 atom stereocenters. The molecule has 0 aliphatic carbocycles. The Morgan fingerprint density at radius 1 is 1.08 bits per heavy atom. The highest BCUT2D eigenvalue weighted by atomic mass is 32.1. The van der Waals surface area contributed by atoms with E-state index in [-0.39, 0.29) is 11.9 Å². The van der Waals surface area contributed by atoms with Crippen molar-refractivity contribution in [3.05, 3.63) is 82.6 Å². The monoisotopic (exact) mass is 362 g/mol. The van der Waals surface area contributed by atoms with Gasteiger partial charge in [0.25, 0.3) is 5.91 Å². The minimum atomic E-state index is 0.0219. The van der Waals surface area contributed by atoms with Crippen LogP contribution in [0, 0.1) is 0 Å². The van der Waals surface area contributed by atoms with Crippen LogP contribution in [0.5, 0.6) is 0 Å². The number of hydrogen-bond acceptors (Lipinski definition) is 3. The van der Waals surface area contributed by atoms with E-state index in [1.54, 1.807) is 11.3 Å². The molecular formula is C22H22N2OS. The zero-order chi connectivity index (χ0) is 17.8. The second kappa shape index (κ2) is 7.85. The van der Waals surface area contributed by atoms with Crippen molar-refractivity contribution in [2.75, 3.05) is 13.1 Å². The van der Waals surface area contributed by atoms with E-state index in [0.29, 0.717) is 0 Å². The molecule has 3 nitrogen and oxygen atoms in total. The number of nitrogens with one attached hydrogen (secondary N) is 1. The van der Waals surface area contributed by atoms with Crippen molar-refractivity contribution in [3.8, 4) is 11.1 Å². The number of thiophene rings is 1. The Hall–Kier alpha value is -2.43. The van der Waals surface area contributed by atoms with Gasteiger partial charge in [-0.25, -0.2) is 0 Å². The Morgan fingerprint density at radius 2 is 1.96 bits per heavy atom. The van der Waals surface area contributed by atoms with Crippen LogP contribution in [0.2, 0.25) is 0 Å². The van der Waals surface area contributed by atoms with Crippen molar-refractivity contribution in [1.29, 1.82) is 0 Å². The van der Waals surface area contributed by atoms with Crippen molar-refractivity contribution in [2.24, 2.45) is 0 Å². The summed E-state index contributed by atoms with van der Waals surface area (Å²) in [5, 5.41) is 7.37. The van der Waals surface area contributed by atoms with Gasteiger partial charge in [-0.05, 0) is 52.1 Å². The van der Waals surface area contributed by atoms with Crippen molar-refractivity contribution in [1.82, 2.24) is 10.2 Å². The van der Waals surface area contributed by atoms with E-state index in [0.717, 1.165) is 37.2 Å². The third kappa shape index (κ3) is 4.03. The number of amides is 1. The molecule has 132 valence electrons. The van der Waals surface area contributed by atoms with Gasteiger partial charge in [-0.2, -0.15) is 11.3 Å². The quantitative estimate of drug-likeness (QED) is 0.729. The van der Waals surface area contributed by atoms with Crippen LogP contribution < -0.4 is 5.32 Å². The Kier molecular flexibility index (Phi) is 5.14. The Balaban J connectivity index is 1.36. The van der Waals surface area contributed by atoms with Crippen LogP contribution in [0.3, 0.4) is 0 Å². The molecule has 2 heterocycles. The lowest BCUT2D eigenvalue weighted by atomic mass is 10.1. The van der Waals surface area contributed by atoms with E-state index < -0.39 is 0 Å². The van der Waals surface area contributed by atoms with E-state index >= 15 is 0 Å². The maximum Gasteiger partial charge on any atom is 0.251 e. The summed E-state index contributed by atoms with van der Waals surface area (Å²) in [4.78, 5) is 15.1. The van der Waals surface area contributed by atoms with Crippen molar-refractivity contribution < 1.29 is 4.79 Å². The van der Waals surface area contributed by atoms with Gasteiger partial charge in [0.05, 0.1) is 0 Å². The van der Waals surface area contributed by atoms with Crippen molar-refractivity contribution in [3.63, 3.8) is 0 Å². The van der Waals surface area contributed by atoms with E-state index in [1.165, 1.54) is 11.1 Å². The van der Waals surface area contributed by atoms with Crippen LogP contribution in [0.25, 0.3) is 11.1 Å². The van der Waals surface area contributed by atoms with Crippen LogP contribution in [-0.4, -0.2) is 29.9 Å². The molecule has 0 saturated carbocycles. The lowest BCUT2D eigenvalue weighted by Crippen LogP contribution is -2.37. The normalized spacial score (nSPS) is 17.3. The molecule has 1 aliphatic heterocycles. The Morgan fingerprint density at radius 3 is 2.77 bits per heavy atom. The highest BCUT2D eigenvalue weighted by molar-refractivity contribution is 7.08. The molecule has 1 aliphatic rings. The van der Waals surface area contributed by atoms with E-state index in [1.807, 2.05) is 24.3 Å². The minimum Gasteiger partial charge on any atom is -0.348 e. The number of carbonyl (C=O) groups is 1. The minimum absolute atomic E-state index is 0.0219. The fourth-order valence-corrected chi connectivity index (χ4v) is 4.14. The number of likely N-dealkylation sites (tertiary alicyclic amines) is 1. The summed E-state index contributed by atoms with van der Waals surface area (Å²) in [5.74, 6) is 0.0219. The summed E-state index contributed by atoms with van der Waals surface area (Å²) in [7, 11) is 0. The molecule has 0 bridgehead atoms. The van der Waals surface area contributed by atoms with Crippen LogP contribution in [0.4, 0.5) is 0 Å². The summed E-state index contributed by atoms with van der Waals surface area (Å²) in [6, 6.07) is 20.7. The number of nitrogens with zero attached hydrogens (tertiary/aromatic N) is 1. The average molecular weight is 362 g/mol. The smallest absolute Gasteiger partial charge is 0.251 e. The SMILES string of the molecule is O=C(N[C@@H]1CCN(Cc2ccccc2)C1)c1cccc(-c2ccsc2)c1. The standard InChI is InChI=1S/C22H22N2OS/c25-22(19-8-4-7-18(13-19)20-10-12-26-16-20)23-21-9-11-24(15-21)14-17-5-2-1-3-6-17/h1-8,10,12-13,16,21H,9,11,14-15H2,(H,23,25)/t21-/m1/s1.